The fourth-order valence-corrected chi connectivity index (χ4v) is 2.29. The van der Waals surface area contributed by atoms with E-state index in [9.17, 15) is 4.79 Å². The zero-order valence-corrected chi connectivity index (χ0v) is 11.1. The fraction of sp³-hybridized carbons (Fsp3) is 0.500. The number of fused-ring (bicyclic) bond motifs is 1. The van der Waals surface area contributed by atoms with E-state index in [1.165, 1.54) is 5.56 Å². The molecule has 4 heteroatoms. The number of carbonyl (C=O) groups excluding carboxylic acids is 1. The van der Waals surface area contributed by atoms with E-state index in [4.69, 9.17) is 4.74 Å². The molecule has 1 amide bonds. The van der Waals surface area contributed by atoms with Gasteiger partial charge in [-0.2, -0.15) is 0 Å². The zero-order chi connectivity index (χ0) is 13.1. The molecular weight excluding hydrogens is 228 g/mol. The minimum Gasteiger partial charge on any atom is -0.482 e. The number of ether oxygens (including phenoxy) is 1. The maximum Gasteiger partial charge on any atom is 0.262 e. The first-order valence-corrected chi connectivity index (χ1v) is 6.33. The number of benzene rings is 1. The fourth-order valence-electron chi connectivity index (χ4n) is 2.29. The van der Waals surface area contributed by atoms with Crippen molar-refractivity contribution < 1.29 is 9.53 Å². The van der Waals surface area contributed by atoms with Crippen LogP contribution in [-0.2, 0) is 4.79 Å². The van der Waals surface area contributed by atoms with Crippen LogP contribution in [0.5, 0.6) is 5.75 Å². The SMILES string of the molecule is CNCC(c1ccc2c(c1)NC(=O)CO2)C(C)C. The summed E-state index contributed by atoms with van der Waals surface area (Å²) in [6.45, 7) is 5.44. The highest BCUT2D eigenvalue weighted by molar-refractivity contribution is 5.95. The molecule has 1 heterocycles. The largest absolute Gasteiger partial charge is 0.482 e. The van der Waals surface area contributed by atoms with Gasteiger partial charge in [0.15, 0.2) is 6.61 Å². The van der Waals surface area contributed by atoms with E-state index >= 15 is 0 Å². The third kappa shape index (κ3) is 2.64. The van der Waals surface area contributed by atoms with Crippen LogP contribution in [0.1, 0.15) is 25.3 Å². The van der Waals surface area contributed by atoms with Crippen molar-refractivity contribution in [1.82, 2.24) is 5.32 Å². The van der Waals surface area contributed by atoms with Gasteiger partial charge in [0.25, 0.3) is 5.91 Å². The van der Waals surface area contributed by atoms with Crippen molar-refractivity contribution in [3.05, 3.63) is 23.8 Å². The van der Waals surface area contributed by atoms with Crippen LogP contribution < -0.4 is 15.4 Å². The number of hydrogen-bond acceptors (Lipinski definition) is 3. The summed E-state index contributed by atoms with van der Waals surface area (Å²) >= 11 is 0. The predicted octanol–water partition coefficient (Wildman–Crippen LogP) is 1.98. The maximum absolute atomic E-state index is 11.3. The Balaban J connectivity index is 2.28. The molecule has 0 aromatic heterocycles. The lowest BCUT2D eigenvalue weighted by atomic mass is 9.88. The van der Waals surface area contributed by atoms with Gasteiger partial charge in [-0.15, -0.1) is 0 Å². The summed E-state index contributed by atoms with van der Waals surface area (Å²) in [7, 11) is 1.96. The van der Waals surface area contributed by atoms with E-state index < -0.39 is 0 Å². The van der Waals surface area contributed by atoms with Gasteiger partial charge in [0.05, 0.1) is 5.69 Å². The first-order valence-electron chi connectivity index (χ1n) is 6.33. The first kappa shape index (κ1) is 12.9. The normalized spacial score (nSPS) is 15.9. The molecule has 0 radical (unpaired) electrons. The molecule has 0 aliphatic carbocycles. The first-order chi connectivity index (χ1) is 8.61. The van der Waals surface area contributed by atoms with Crippen LogP contribution in [-0.4, -0.2) is 26.1 Å². The van der Waals surface area contributed by atoms with Crippen molar-refractivity contribution in [3.63, 3.8) is 0 Å². The van der Waals surface area contributed by atoms with E-state index in [0.717, 1.165) is 18.0 Å². The molecular formula is C14H20N2O2. The van der Waals surface area contributed by atoms with Crippen molar-refractivity contribution in [2.75, 3.05) is 25.5 Å². The van der Waals surface area contributed by atoms with Crippen LogP contribution in [0.25, 0.3) is 0 Å². The van der Waals surface area contributed by atoms with Crippen LogP contribution in [0, 0.1) is 5.92 Å². The quantitative estimate of drug-likeness (QED) is 0.856. The predicted molar refractivity (Wildman–Crippen MR) is 72.1 cm³/mol. The second kappa shape index (κ2) is 5.40. The Hall–Kier alpha value is -1.55. The smallest absolute Gasteiger partial charge is 0.262 e. The van der Waals surface area contributed by atoms with Crippen LogP contribution >= 0.6 is 0 Å². The van der Waals surface area contributed by atoms with Gasteiger partial charge in [-0.05, 0) is 36.6 Å². The second-order valence-electron chi connectivity index (χ2n) is 5.00. The Labute approximate surface area is 108 Å². The molecule has 1 aliphatic heterocycles. The minimum absolute atomic E-state index is 0.0886. The average Bonchev–Trinajstić information content (AvgIpc) is 2.34. The summed E-state index contributed by atoms with van der Waals surface area (Å²) in [4.78, 5) is 11.3. The summed E-state index contributed by atoms with van der Waals surface area (Å²) in [5.74, 6) is 1.63. The molecule has 4 nitrogen and oxygen atoms in total. The highest BCUT2D eigenvalue weighted by atomic mass is 16.5. The molecule has 1 aliphatic rings. The number of likely N-dealkylation sites (N-methyl/N-ethyl adjacent to an activating group) is 1. The van der Waals surface area contributed by atoms with Crippen LogP contribution in [0.15, 0.2) is 18.2 Å². The van der Waals surface area contributed by atoms with Gasteiger partial charge >= 0.3 is 0 Å². The Morgan fingerprint density at radius 1 is 1.44 bits per heavy atom. The van der Waals surface area contributed by atoms with E-state index in [1.54, 1.807) is 0 Å². The Bertz CT molecular complexity index is 443. The maximum atomic E-state index is 11.3. The molecule has 0 spiro atoms. The third-order valence-electron chi connectivity index (χ3n) is 3.29. The molecule has 2 rings (SSSR count). The molecule has 0 fully saturated rings. The molecule has 1 aromatic rings. The lowest BCUT2D eigenvalue weighted by molar-refractivity contribution is -0.118. The summed E-state index contributed by atoms with van der Waals surface area (Å²) in [6, 6.07) is 6.04. The van der Waals surface area contributed by atoms with Crippen molar-refractivity contribution in [2.45, 2.75) is 19.8 Å². The number of rotatable bonds is 4. The van der Waals surface area contributed by atoms with Crippen molar-refractivity contribution in [3.8, 4) is 5.75 Å². The number of nitrogens with one attached hydrogen (secondary N) is 2. The van der Waals surface area contributed by atoms with E-state index in [1.807, 2.05) is 19.2 Å². The molecule has 18 heavy (non-hydrogen) atoms. The highest BCUT2D eigenvalue weighted by Crippen LogP contribution is 2.33. The van der Waals surface area contributed by atoms with Gasteiger partial charge in [0.2, 0.25) is 0 Å². The van der Waals surface area contributed by atoms with Gasteiger partial charge in [0.1, 0.15) is 5.75 Å². The van der Waals surface area contributed by atoms with Crippen LogP contribution in [0.4, 0.5) is 5.69 Å². The standard InChI is InChI=1S/C14H20N2O2/c1-9(2)11(7-15-3)10-4-5-13-12(6-10)16-14(17)8-18-13/h4-6,9,11,15H,7-8H2,1-3H3,(H,16,17). The Kier molecular flexibility index (Phi) is 3.87. The van der Waals surface area contributed by atoms with E-state index in [0.29, 0.717) is 11.8 Å². The summed E-state index contributed by atoms with van der Waals surface area (Å²) in [5.41, 5.74) is 2.01. The number of anilines is 1. The molecule has 98 valence electrons. The summed E-state index contributed by atoms with van der Waals surface area (Å²) in [5, 5.41) is 6.07. The number of amides is 1. The van der Waals surface area contributed by atoms with Gasteiger partial charge in [-0.25, -0.2) is 0 Å². The topological polar surface area (TPSA) is 50.4 Å². The third-order valence-corrected chi connectivity index (χ3v) is 3.29. The van der Waals surface area contributed by atoms with Crippen molar-refractivity contribution >= 4 is 11.6 Å². The average molecular weight is 248 g/mol. The summed E-state index contributed by atoms with van der Waals surface area (Å²) < 4.78 is 5.36. The second-order valence-corrected chi connectivity index (χ2v) is 5.00. The molecule has 1 atom stereocenters. The molecule has 0 saturated carbocycles. The van der Waals surface area contributed by atoms with Gasteiger partial charge in [0, 0.05) is 6.54 Å². The van der Waals surface area contributed by atoms with Gasteiger partial charge < -0.3 is 15.4 Å². The zero-order valence-electron chi connectivity index (χ0n) is 11.1. The molecule has 2 N–H and O–H groups in total. The monoisotopic (exact) mass is 248 g/mol. The lowest BCUT2D eigenvalue weighted by Crippen LogP contribution is -2.26. The lowest BCUT2D eigenvalue weighted by Gasteiger charge is -2.24. The molecule has 1 aromatic carbocycles. The molecule has 1 unspecified atom stereocenters. The van der Waals surface area contributed by atoms with Crippen molar-refractivity contribution in [1.29, 1.82) is 0 Å². The molecule has 0 bridgehead atoms. The van der Waals surface area contributed by atoms with E-state index in [-0.39, 0.29) is 12.5 Å². The Morgan fingerprint density at radius 3 is 2.89 bits per heavy atom. The van der Waals surface area contributed by atoms with Gasteiger partial charge in [-0.1, -0.05) is 19.9 Å². The van der Waals surface area contributed by atoms with Crippen LogP contribution in [0.3, 0.4) is 0 Å². The van der Waals surface area contributed by atoms with Crippen LogP contribution in [0.2, 0.25) is 0 Å². The van der Waals surface area contributed by atoms with E-state index in [2.05, 4.69) is 30.5 Å². The summed E-state index contributed by atoms with van der Waals surface area (Å²) in [6.07, 6.45) is 0. The molecule has 0 saturated heterocycles. The Morgan fingerprint density at radius 2 is 2.22 bits per heavy atom. The highest BCUT2D eigenvalue weighted by Gasteiger charge is 2.20. The minimum atomic E-state index is -0.0886. The number of hydrogen-bond donors (Lipinski definition) is 2. The van der Waals surface area contributed by atoms with Crippen molar-refractivity contribution in [2.24, 2.45) is 5.92 Å². The number of carbonyl (C=O) groups is 1. The van der Waals surface area contributed by atoms with Gasteiger partial charge in [-0.3, -0.25) is 4.79 Å².